The van der Waals surface area contributed by atoms with Crippen LogP contribution in [0.3, 0.4) is 0 Å². The van der Waals surface area contributed by atoms with Crippen LogP contribution in [0.15, 0.2) is 60.2 Å². The van der Waals surface area contributed by atoms with Crippen LogP contribution in [0.2, 0.25) is 0 Å². The van der Waals surface area contributed by atoms with E-state index in [4.69, 9.17) is 5.41 Å². The number of hydrogen-bond donors (Lipinski definition) is 3. The molecule has 0 radical (unpaired) electrons. The smallest absolute Gasteiger partial charge is 0.123 e. The summed E-state index contributed by atoms with van der Waals surface area (Å²) >= 11 is 0. The number of hydrogen-bond acceptors (Lipinski definition) is 4. The zero-order chi connectivity index (χ0) is 20.9. The number of nitrogens with zero attached hydrogens (tertiary/aromatic N) is 1. The molecular formula is C25H29FN4. The van der Waals surface area contributed by atoms with E-state index in [2.05, 4.69) is 52.8 Å². The third kappa shape index (κ3) is 4.86. The van der Waals surface area contributed by atoms with Crippen LogP contribution >= 0.6 is 0 Å². The number of benzene rings is 2. The maximum atomic E-state index is 13.2. The van der Waals surface area contributed by atoms with Gasteiger partial charge >= 0.3 is 0 Å². The molecule has 3 N–H and O–H groups in total. The molecule has 1 atom stereocenters. The van der Waals surface area contributed by atoms with Crippen molar-refractivity contribution < 1.29 is 4.39 Å². The molecule has 1 fully saturated rings. The van der Waals surface area contributed by atoms with Gasteiger partial charge in [0, 0.05) is 55.4 Å². The first-order valence-corrected chi connectivity index (χ1v) is 10.6. The van der Waals surface area contributed by atoms with Gasteiger partial charge < -0.3 is 16.0 Å². The van der Waals surface area contributed by atoms with Gasteiger partial charge in [-0.15, -0.1) is 0 Å². The number of piperazine rings is 1. The van der Waals surface area contributed by atoms with Gasteiger partial charge in [0.2, 0.25) is 0 Å². The minimum atomic E-state index is -0.257. The Balaban J connectivity index is 1.51. The van der Waals surface area contributed by atoms with Crippen LogP contribution in [0.1, 0.15) is 35.6 Å². The van der Waals surface area contributed by atoms with Gasteiger partial charge in [-0.3, -0.25) is 4.90 Å². The Morgan fingerprint density at radius 1 is 1.27 bits per heavy atom. The number of anilines is 2. The van der Waals surface area contributed by atoms with E-state index in [0.29, 0.717) is 0 Å². The summed E-state index contributed by atoms with van der Waals surface area (Å²) in [6, 6.07) is 10.7. The molecule has 0 amide bonds. The van der Waals surface area contributed by atoms with E-state index < -0.39 is 0 Å². The second-order valence-corrected chi connectivity index (χ2v) is 8.11. The molecule has 0 aromatic heterocycles. The lowest BCUT2D eigenvalue weighted by atomic mass is 9.95. The molecule has 0 saturated carbocycles. The fraction of sp³-hybridized carbons (Fsp3) is 0.320. The van der Waals surface area contributed by atoms with Crippen molar-refractivity contribution in [3.63, 3.8) is 0 Å². The zero-order valence-corrected chi connectivity index (χ0v) is 17.4. The van der Waals surface area contributed by atoms with Crippen LogP contribution in [-0.2, 0) is 0 Å². The lowest BCUT2D eigenvalue weighted by molar-refractivity contribution is 0.213. The second kappa shape index (κ2) is 9.37. The Hall–Kier alpha value is -2.76. The highest BCUT2D eigenvalue weighted by molar-refractivity contribution is 5.88. The van der Waals surface area contributed by atoms with Gasteiger partial charge in [0.15, 0.2) is 0 Å². The molecule has 1 aliphatic heterocycles. The first kappa shape index (κ1) is 20.5. The highest BCUT2D eigenvalue weighted by Crippen LogP contribution is 2.29. The molecule has 156 valence electrons. The molecule has 4 rings (SSSR count). The summed E-state index contributed by atoms with van der Waals surface area (Å²) in [5, 5.41) is 14.9. The third-order valence-corrected chi connectivity index (χ3v) is 5.88. The standard InChI is InChI=1S/C25H29FN4/c1-18-13-24(29-22-9-7-21(26)8-10-22)20(15-27)14-23(18)25-17-30(12-11-28-25)16-19-5-3-2-4-6-19/h2-3,5,7-10,13-15,25,27-29H,4,6,11-12,16-17H2,1H3. The molecule has 0 spiro atoms. The lowest BCUT2D eigenvalue weighted by Gasteiger charge is -2.35. The predicted molar refractivity (Wildman–Crippen MR) is 122 cm³/mol. The quantitative estimate of drug-likeness (QED) is 0.587. The zero-order valence-electron chi connectivity index (χ0n) is 17.4. The maximum Gasteiger partial charge on any atom is 0.123 e. The average Bonchev–Trinajstić information content (AvgIpc) is 2.76. The van der Waals surface area contributed by atoms with Gasteiger partial charge in [-0.05, 0) is 67.3 Å². The Morgan fingerprint density at radius 3 is 2.83 bits per heavy atom. The largest absolute Gasteiger partial charge is 0.355 e. The summed E-state index contributed by atoms with van der Waals surface area (Å²) < 4.78 is 13.2. The molecule has 1 aliphatic carbocycles. The summed E-state index contributed by atoms with van der Waals surface area (Å²) in [6.07, 6.45) is 10.3. The number of nitrogens with one attached hydrogen (secondary N) is 3. The minimum Gasteiger partial charge on any atom is -0.355 e. The first-order chi connectivity index (χ1) is 14.6. The van der Waals surface area contributed by atoms with Gasteiger partial charge in [-0.1, -0.05) is 23.8 Å². The molecule has 30 heavy (non-hydrogen) atoms. The molecule has 0 bridgehead atoms. The van der Waals surface area contributed by atoms with E-state index in [1.54, 1.807) is 12.1 Å². The fourth-order valence-corrected chi connectivity index (χ4v) is 4.27. The molecule has 1 heterocycles. The second-order valence-electron chi connectivity index (χ2n) is 8.11. The van der Waals surface area contributed by atoms with E-state index in [9.17, 15) is 4.39 Å². The van der Waals surface area contributed by atoms with Crippen molar-refractivity contribution in [1.82, 2.24) is 10.2 Å². The topological polar surface area (TPSA) is 51.2 Å². The number of allylic oxidation sites excluding steroid dienone is 3. The van der Waals surface area contributed by atoms with Crippen LogP contribution in [-0.4, -0.2) is 37.3 Å². The van der Waals surface area contributed by atoms with Crippen molar-refractivity contribution in [1.29, 1.82) is 5.41 Å². The Kier molecular flexibility index (Phi) is 6.41. The van der Waals surface area contributed by atoms with E-state index in [0.717, 1.165) is 56.0 Å². The molecule has 2 aliphatic rings. The van der Waals surface area contributed by atoms with Gasteiger partial charge in [0.1, 0.15) is 5.82 Å². The highest BCUT2D eigenvalue weighted by atomic mass is 19.1. The number of aryl methyl sites for hydroxylation is 1. The van der Waals surface area contributed by atoms with Crippen LogP contribution < -0.4 is 10.6 Å². The van der Waals surface area contributed by atoms with Crippen molar-refractivity contribution >= 4 is 17.6 Å². The molecule has 1 unspecified atom stereocenters. The first-order valence-electron chi connectivity index (χ1n) is 10.6. The Morgan fingerprint density at radius 2 is 2.10 bits per heavy atom. The van der Waals surface area contributed by atoms with Gasteiger partial charge in [-0.25, -0.2) is 4.39 Å². The molecular weight excluding hydrogens is 375 g/mol. The Labute approximate surface area is 178 Å². The number of halogens is 1. The van der Waals surface area contributed by atoms with Crippen molar-refractivity contribution in [2.24, 2.45) is 0 Å². The van der Waals surface area contributed by atoms with Crippen LogP contribution in [0.5, 0.6) is 0 Å². The van der Waals surface area contributed by atoms with Gasteiger partial charge in [0.25, 0.3) is 0 Å². The summed E-state index contributed by atoms with van der Waals surface area (Å²) in [7, 11) is 0. The van der Waals surface area contributed by atoms with E-state index in [-0.39, 0.29) is 11.9 Å². The Bertz CT molecular complexity index is 962. The summed E-state index contributed by atoms with van der Waals surface area (Å²) in [5.41, 5.74) is 6.44. The highest BCUT2D eigenvalue weighted by Gasteiger charge is 2.23. The summed E-state index contributed by atoms with van der Waals surface area (Å²) in [5.74, 6) is -0.257. The molecule has 4 nitrogen and oxygen atoms in total. The average molecular weight is 405 g/mol. The molecule has 2 aromatic carbocycles. The monoisotopic (exact) mass is 404 g/mol. The molecule has 5 heteroatoms. The fourth-order valence-electron chi connectivity index (χ4n) is 4.27. The summed E-state index contributed by atoms with van der Waals surface area (Å²) in [6.45, 7) is 6.13. The van der Waals surface area contributed by atoms with Crippen LogP contribution in [0.25, 0.3) is 0 Å². The molecule has 1 saturated heterocycles. The molecule has 2 aromatic rings. The predicted octanol–water partition coefficient (Wildman–Crippen LogP) is 5.10. The van der Waals surface area contributed by atoms with Crippen LogP contribution in [0, 0.1) is 18.2 Å². The SMILES string of the molecule is Cc1cc(Nc2ccc(F)cc2)c(C=N)cc1C1CN(CC2=CC=CCC2)CCN1. The van der Waals surface area contributed by atoms with E-state index in [1.807, 2.05) is 0 Å². The summed E-state index contributed by atoms with van der Waals surface area (Å²) in [4.78, 5) is 2.53. The van der Waals surface area contributed by atoms with Crippen molar-refractivity contribution in [2.45, 2.75) is 25.8 Å². The number of rotatable bonds is 6. The van der Waals surface area contributed by atoms with Crippen molar-refractivity contribution in [2.75, 3.05) is 31.5 Å². The van der Waals surface area contributed by atoms with Crippen molar-refractivity contribution in [3.8, 4) is 0 Å². The minimum absolute atomic E-state index is 0.247. The maximum absolute atomic E-state index is 13.2. The third-order valence-electron chi connectivity index (χ3n) is 5.88. The van der Waals surface area contributed by atoms with Gasteiger partial charge in [-0.2, -0.15) is 0 Å². The van der Waals surface area contributed by atoms with E-state index >= 15 is 0 Å². The van der Waals surface area contributed by atoms with Crippen molar-refractivity contribution in [3.05, 3.63) is 82.7 Å². The van der Waals surface area contributed by atoms with Gasteiger partial charge in [0.05, 0.1) is 0 Å². The van der Waals surface area contributed by atoms with Crippen LogP contribution in [0.4, 0.5) is 15.8 Å². The van der Waals surface area contributed by atoms with E-state index in [1.165, 1.54) is 35.0 Å². The normalized spacial score (nSPS) is 19.4. The lowest BCUT2D eigenvalue weighted by Crippen LogP contribution is -2.46.